The molecule has 1 unspecified atom stereocenters. The van der Waals surface area contributed by atoms with Crippen molar-refractivity contribution >= 4 is 17.7 Å². The summed E-state index contributed by atoms with van der Waals surface area (Å²) in [5, 5.41) is 10.7. The molecule has 4 rings (SSSR count). The molecule has 26 heavy (non-hydrogen) atoms. The second-order valence-electron chi connectivity index (χ2n) is 8.68. The minimum atomic E-state index is -0.923. The summed E-state index contributed by atoms with van der Waals surface area (Å²) in [5.74, 6) is -1.83. The number of carbonyl (C=O) groups is 3. The SMILES string of the molecule is CC(C)c1cc2c3c(c1O)OC(=O)C[C@@]3(C)C1[C@@H](OC(=O)C1(C)C)C2=O. The van der Waals surface area contributed by atoms with Crippen molar-refractivity contribution in [1.29, 1.82) is 0 Å². The number of Topliss-reactive ketones (excluding diaryl/α,β-unsaturated/α-hetero) is 1. The highest BCUT2D eigenvalue weighted by Crippen LogP contribution is 2.61. The largest absolute Gasteiger partial charge is 0.504 e. The fourth-order valence-corrected chi connectivity index (χ4v) is 5.10. The maximum absolute atomic E-state index is 13.2. The molecule has 1 fully saturated rings. The van der Waals surface area contributed by atoms with Crippen LogP contribution in [-0.4, -0.2) is 28.9 Å². The van der Waals surface area contributed by atoms with Crippen LogP contribution in [0.25, 0.3) is 0 Å². The summed E-state index contributed by atoms with van der Waals surface area (Å²) in [7, 11) is 0. The van der Waals surface area contributed by atoms with Crippen molar-refractivity contribution in [2.75, 3.05) is 0 Å². The summed E-state index contributed by atoms with van der Waals surface area (Å²) in [6.45, 7) is 9.11. The van der Waals surface area contributed by atoms with Crippen LogP contribution in [0.1, 0.15) is 68.4 Å². The van der Waals surface area contributed by atoms with Gasteiger partial charge in [0.2, 0.25) is 5.78 Å². The average Bonchev–Trinajstić information content (AvgIpc) is 2.77. The van der Waals surface area contributed by atoms with Gasteiger partial charge in [-0.15, -0.1) is 0 Å². The van der Waals surface area contributed by atoms with Crippen molar-refractivity contribution < 1.29 is 29.0 Å². The Kier molecular flexibility index (Phi) is 3.20. The Labute approximate surface area is 151 Å². The molecule has 1 N–H and O–H groups in total. The molecule has 138 valence electrons. The highest BCUT2D eigenvalue weighted by atomic mass is 16.6. The minimum Gasteiger partial charge on any atom is -0.504 e. The van der Waals surface area contributed by atoms with Gasteiger partial charge < -0.3 is 14.6 Å². The summed E-state index contributed by atoms with van der Waals surface area (Å²) >= 11 is 0. The van der Waals surface area contributed by atoms with Crippen LogP contribution in [0.5, 0.6) is 11.5 Å². The quantitative estimate of drug-likeness (QED) is 0.613. The summed E-state index contributed by atoms with van der Waals surface area (Å²) in [6.07, 6.45) is -0.888. The lowest BCUT2D eigenvalue weighted by atomic mass is 9.54. The average molecular weight is 358 g/mol. The van der Waals surface area contributed by atoms with Gasteiger partial charge in [-0.2, -0.15) is 0 Å². The van der Waals surface area contributed by atoms with E-state index in [0.717, 1.165) is 0 Å². The molecule has 6 heteroatoms. The summed E-state index contributed by atoms with van der Waals surface area (Å²) in [6, 6.07) is 1.66. The zero-order valence-corrected chi connectivity index (χ0v) is 15.5. The number of fused-ring (bicyclic) bond motifs is 2. The Hall–Kier alpha value is -2.37. The maximum atomic E-state index is 13.2. The molecule has 6 nitrogen and oxygen atoms in total. The lowest BCUT2D eigenvalue weighted by Crippen LogP contribution is -2.54. The van der Waals surface area contributed by atoms with Gasteiger partial charge in [-0.3, -0.25) is 14.4 Å². The van der Waals surface area contributed by atoms with Crippen LogP contribution in [0.2, 0.25) is 0 Å². The van der Waals surface area contributed by atoms with Crippen molar-refractivity contribution in [2.24, 2.45) is 11.3 Å². The maximum Gasteiger partial charge on any atom is 0.312 e. The fraction of sp³-hybridized carbons (Fsp3) is 0.550. The molecule has 3 aliphatic rings. The van der Waals surface area contributed by atoms with Gasteiger partial charge in [0, 0.05) is 28.0 Å². The van der Waals surface area contributed by atoms with E-state index in [9.17, 15) is 19.5 Å². The zero-order valence-electron chi connectivity index (χ0n) is 15.5. The van der Waals surface area contributed by atoms with Gasteiger partial charge in [-0.05, 0) is 25.8 Å². The second-order valence-corrected chi connectivity index (χ2v) is 8.68. The topological polar surface area (TPSA) is 89.9 Å². The molecule has 3 atom stereocenters. The van der Waals surface area contributed by atoms with Crippen molar-refractivity contribution in [3.05, 3.63) is 22.8 Å². The number of ether oxygens (including phenoxy) is 2. The third kappa shape index (κ3) is 1.85. The highest BCUT2D eigenvalue weighted by Gasteiger charge is 2.66. The van der Waals surface area contributed by atoms with E-state index in [2.05, 4.69) is 0 Å². The Balaban J connectivity index is 2.09. The van der Waals surface area contributed by atoms with Gasteiger partial charge in [0.25, 0.3) is 0 Å². The van der Waals surface area contributed by atoms with E-state index in [1.165, 1.54) is 0 Å². The first-order valence-electron chi connectivity index (χ1n) is 8.86. The van der Waals surface area contributed by atoms with Crippen LogP contribution in [0, 0.1) is 11.3 Å². The summed E-state index contributed by atoms with van der Waals surface area (Å²) in [4.78, 5) is 38.0. The monoisotopic (exact) mass is 358 g/mol. The van der Waals surface area contributed by atoms with Gasteiger partial charge in [0.05, 0.1) is 11.8 Å². The smallest absolute Gasteiger partial charge is 0.312 e. The Morgan fingerprint density at radius 3 is 2.46 bits per heavy atom. The van der Waals surface area contributed by atoms with Crippen LogP contribution in [0.4, 0.5) is 0 Å². The molecule has 0 spiro atoms. The molecule has 1 aromatic rings. The number of esters is 2. The van der Waals surface area contributed by atoms with Crippen LogP contribution >= 0.6 is 0 Å². The summed E-state index contributed by atoms with van der Waals surface area (Å²) < 4.78 is 10.9. The predicted octanol–water partition coefficient (Wildman–Crippen LogP) is 2.85. The number of hydrogen-bond acceptors (Lipinski definition) is 6. The van der Waals surface area contributed by atoms with E-state index in [4.69, 9.17) is 9.47 Å². The van der Waals surface area contributed by atoms with Gasteiger partial charge in [-0.25, -0.2) is 0 Å². The third-order valence-corrected chi connectivity index (χ3v) is 6.26. The molecule has 1 saturated heterocycles. The molecular weight excluding hydrogens is 336 g/mol. The number of carbonyl (C=O) groups excluding carboxylic acids is 3. The van der Waals surface area contributed by atoms with Gasteiger partial charge in [0.1, 0.15) is 0 Å². The number of ketones is 1. The first-order chi connectivity index (χ1) is 12.0. The van der Waals surface area contributed by atoms with Crippen LogP contribution in [0.3, 0.4) is 0 Å². The molecule has 1 aromatic carbocycles. The summed E-state index contributed by atoms with van der Waals surface area (Å²) in [5.41, 5.74) is -0.319. The Morgan fingerprint density at radius 1 is 1.19 bits per heavy atom. The second kappa shape index (κ2) is 4.87. The highest BCUT2D eigenvalue weighted by molar-refractivity contribution is 6.07. The van der Waals surface area contributed by atoms with E-state index in [0.29, 0.717) is 16.7 Å². The molecule has 1 aliphatic carbocycles. The third-order valence-electron chi connectivity index (χ3n) is 6.26. The molecule has 0 amide bonds. The van der Waals surface area contributed by atoms with Crippen LogP contribution in [-0.2, 0) is 19.7 Å². The zero-order chi connectivity index (χ0) is 19.2. The van der Waals surface area contributed by atoms with E-state index < -0.39 is 34.8 Å². The van der Waals surface area contributed by atoms with E-state index in [1.54, 1.807) is 19.9 Å². The number of benzene rings is 1. The molecule has 0 radical (unpaired) electrons. The normalized spacial score (nSPS) is 31.4. The molecule has 2 heterocycles. The number of aromatic hydroxyl groups is 1. The van der Waals surface area contributed by atoms with Crippen molar-refractivity contribution in [1.82, 2.24) is 0 Å². The van der Waals surface area contributed by atoms with E-state index in [1.807, 2.05) is 20.8 Å². The molecule has 2 aliphatic heterocycles. The van der Waals surface area contributed by atoms with E-state index in [-0.39, 0.29) is 29.6 Å². The standard InChI is InChI=1S/C20H22O6/c1-8(2)9-6-10-12-15(13(9)22)25-11(21)7-20(12,5)17-16(14(10)23)26-18(24)19(17,3)4/h6,8,16-17,22H,7H2,1-5H3/t16-,17?,20+/m0/s1. The lowest BCUT2D eigenvalue weighted by molar-refractivity contribution is -0.146. The lowest BCUT2D eigenvalue weighted by Gasteiger charge is -2.48. The minimum absolute atomic E-state index is 0.0297. The van der Waals surface area contributed by atoms with Crippen molar-refractivity contribution in [3.63, 3.8) is 0 Å². The Bertz CT molecular complexity index is 881. The van der Waals surface area contributed by atoms with Gasteiger partial charge >= 0.3 is 11.9 Å². The number of phenolic OH excluding ortho intramolecular Hbond substituents is 1. The predicted molar refractivity (Wildman–Crippen MR) is 91.3 cm³/mol. The van der Waals surface area contributed by atoms with Crippen LogP contribution < -0.4 is 4.74 Å². The van der Waals surface area contributed by atoms with Crippen LogP contribution in [0.15, 0.2) is 6.07 Å². The van der Waals surface area contributed by atoms with Crippen molar-refractivity contribution in [2.45, 2.75) is 58.5 Å². The molecular formula is C20H22O6. The number of rotatable bonds is 1. The molecule has 0 bridgehead atoms. The first kappa shape index (κ1) is 17.1. The van der Waals surface area contributed by atoms with E-state index >= 15 is 0 Å². The Morgan fingerprint density at radius 2 is 1.85 bits per heavy atom. The number of phenols is 1. The molecule has 0 aromatic heterocycles. The fourth-order valence-electron chi connectivity index (χ4n) is 5.10. The molecule has 0 saturated carbocycles. The van der Waals surface area contributed by atoms with Gasteiger partial charge in [-0.1, -0.05) is 20.8 Å². The van der Waals surface area contributed by atoms with Gasteiger partial charge in [0.15, 0.2) is 17.6 Å². The number of hydrogen-bond donors (Lipinski definition) is 1. The van der Waals surface area contributed by atoms with Crippen molar-refractivity contribution in [3.8, 4) is 11.5 Å². The first-order valence-corrected chi connectivity index (χ1v) is 8.86.